The molecule has 136 valence electrons. The van der Waals surface area contributed by atoms with E-state index in [0.717, 1.165) is 11.1 Å². The molecule has 0 fully saturated rings. The van der Waals surface area contributed by atoms with Crippen LogP contribution in [0, 0.1) is 0 Å². The fraction of sp³-hybridized carbons (Fsp3) is 0.316. The van der Waals surface area contributed by atoms with Gasteiger partial charge in [0, 0.05) is 30.7 Å². The van der Waals surface area contributed by atoms with Crippen LogP contribution in [0.15, 0.2) is 36.7 Å². The Balaban J connectivity index is 1.78. The molecule has 1 aliphatic heterocycles. The predicted molar refractivity (Wildman–Crippen MR) is 96.3 cm³/mol. The molecule has 2 heterocycles. The number of rotatable bonds is 4. The standard InChI is InChI=1S/C19H21N3O4/c1-3-26-19(24)22-8-7-16-13(12-22)10-20-11-17(16)18(23)21-14-5-4-6-15(9-14)25-2/h4-6,9-11H,3,7-8,12H2,1-2H3,(H,21,23). The predicted octanol–water partition coefficient (Wildman–Crippen LogP) is 2.86. The van der Waals surface area contributed by atoms with Crippen LogP contribution in [-0.4, -0.2) is 42.1 Å². The van der Waals surface area contributed by atoms with Gasteiger partial charge in [-0.05, 0) is 36.6 Å². The summed E-state index contributed by atoms with van der Waals surface area (Å²) in [5.74, 6) is 0.438. The molecule has 0 unspecified atom stereocenters. The topological polar surface area (TPSA) is 80.8 Å². The SMILES string of the molecule is CCOC(=O)N1CCc2c(cncc2C(=O)Nc2cccc(OC)c2)C1. The number of methoxy groups -OCH3 is 1. The monoisotopic (exact) mass is 355 g/mol. The normalized spacial score (nSPS) is 12.9. The molecule has 1 N–H and O–H groups in total. The number of anilines is 1. The quantitative estimate of drug-likeness (QED) is 0.912. The van der Waals surface area contributed by atoms with E-state index in [1.807, 2.05) is 12.1 Å². The highest BCUT2D eigenvalue weighted by molar-refractivity contribution is 6.05. The van der Waals surface area contributed by atoms with E-state index in [1.165, 1.54) is 0 Å². The summed E-state index contributed by atoms with van der Waals surface area (Å²) in [5, 5.41) is 2.87. The van der Waals surface area contributed by atoms with Crippen molar-refractivity contribution in [3.63, 3.8) is 0 Å². The van der Waals surface area contributed by atoms with Crippen LogP contribution in [0.25, 0.3) is 0 Å². The number of nitrogens with one attached hydrogen (secondary N) is 1. The number of hydrogen-bond donors (Lipinski definition) is 1. The summed E-state index contributed by atoms with van der Waals surface area (Å²) in [4.78, 5) is 30.4. The lowest BCUT2D eigenvalue weighted by atomic mass is 9.97. The van der Waals surface area contributed by atoms with E-state index in [-0.39, 0.29) is 12.0 Å². The van der Waals surface area contributed by atoms with E-state index in [0.29, 0.717) is 43.1 Å². The highest BCUT2D eigenvalue weighted by Gasteiger charge is 2.25. The minimum atomic E-state index is -0.343. The summed E-state index contributed by atoms with van der Waals surface area (Å²) >= 11 is 0. The van der Waals surface area contributed by atoms with Crippen LogP contribution in [0.4, 0.5) is 10.5 Å². The Kier molecular flexibility index (Phi) is 5.36. The van der Waals surface area contributed by atoms with Crippen molar-refractivity contribution in [2.24, 2.45) is 0 Å². The molecule has 0 radical (unpaired) electrons. The molecular weight excluding hydrogens is 334 g/mol. The molecule has 1 aromatic heterocycles. The molecule has 26 heavy (non-hydrogen) atoms. The van der Waals surface area contributed by atoms with Gasteiger partial charge in [-0.15, -0.1) is 0 Å². The van der Waals surface area contributed by atoms with Crippen LogP contribution in [0.1, 0.15) is 28.4 Å². The second-order valence-electron chi connectivity index (χ2n) is 5.88. The van der Waals surface area contributed by atoms with Crippen molar-refractivity contribution in [1.82, 2.24) is 9.88 Å². The van der Waals surface area contributed by atoms with Gasteiger partial charge in [-0.2, -0.15) is 0 Å². The maximum absolute atomic E-state index is 12.7. The fourth-order valence-electron chi connectivity index (χ4n) is 2.96. The smallest absolute Gasteiger partial charge is 0.410 e. The van der Waals surface area contributed by atoms with Gasteiger partial charge in [0.2, 0.25) is 0 Å². The van der Waals surface area contributed by atoms with Crippen LogP contribution in [-0.2, 0) is 17.7 Å². The van der Waals surface area contributed by atoms with Crippen molar-refractivity contribution < 1.29 is 19.1 Å². The Morgan fingerprint density at radius 2 is 2.15 bits per heavy atom. The molecule has 0 saturated heterocycles. The second-order valence-corrected chi connectivity index (χ2v) is 5.88. The molecule has 0 bridgehead atoms. The third-order valence-corrected chi connectivity index (χ3v) is 4.24. The van der Waals surface area contributed by atoms with Gasteiger partial charge >= 0.3 is 6.09 Å². The largest absolute Gasteiger partial charge is 0.497 e. The summed E-state index contributed by atoms with van der Waals surface area (Å²) in [5.41, 5.74) is 2.95. The highest BCUT2D eigenvalue weighted by atomic mass is 16.6. The van der Waals surface area contributed by atoms with Crippen molar-refractivity contribution in [3.05, 3.63) is 53.3 Å². The summed E-state index contributed by atoms with van der Waals surface area (Å²) < 4.78 is 10.2. The summed E-state index contributed by atoms with van der Waals surface area (Å²) in [6.07, 6.45) is 3.50. The maximum Gasteiger partial charge on any atom is 0.410 e. The number of pyridine rings is 1. The minimum Gasteiger partial charge on any atom is -0.497 e. The molecule has 1 aromatic carbocycles. The Morgan fingerprint density at radius 3 is 2.92 bits per heavy atom. The van der Waals surface area contributed by atoms with Crippen LogP contribution < -0.4 is 10.1 Å². The number of carbonyl (C=O) groups is 2. The number of carbonyl (C=O) groups excluding carboxylic acids is 2. The first-order valence-corrected chi connectivity index (χ1v) is 8.45. The van der Waals surface area contributed by atoms with E-state index in [9.17, 15) is 9.59 Å². The van der Waals surface area contributed by atoms with E-state index in [4.69, 9.17) is 9.47 Å². The number of fused-ring (bicyclic) bond motifs is 1. The summed E-state index contributed by atoms with van der Waals surface area (Å²) in [6.45, 7) is 3.01. The van der Waals surface area contributed by atoms with Crippen LogP contribution in [0.2, 0.25) is 0 Å². The van der Waals surface area contributed by atoms with Gasteiger partial charge in [-0.1, -0.05) is 6.07 Å². The minimum absolute atomic E-state index is 0.229. The molecule has 0 saturated carbocycles. The average molecular weight is 355 g/mol. The Hall–Kier alpha value is -3.09. The number of ether oxygens (including phenoxy) is 2. The van der Waals surface area contributed by atoms with Gasteiger partial charge in [0.15, 0.2) is 0 Å². The Morgan fingerprint density at radius 1 is 1.31 bits per heavy atom. The molecule has 3 rings (SSSR count). The number of aromatic nitrogens is 1. The van der Waals surface area contributed by atoms with E-state index >= 15 is 0 Å². The van der Waals surface area contributed by atoms with Crippen molar-refractivity contribution in [1.29, 1.82) is 0 Å². The molecule has 7 nitrogen and oxygen atoms in total. The Bertz CT molecular complexity index is 822. The molecule has 7 heteroatoms. The van der Waals surface area contributed by atoms with Gasteiger partial charge in [0.25, 0.3) is 5.91 Å². The number of benzene rings is 1. The first-order valence-electron chi connectivity index (χ1n) is 8.45. The van der Waals surface area contributed by atoms with Crippen LogP contribution in [0.3, 0.4) is 0 Å². The van der Waals surface area contributed by atoms with Crippen LogP contribution >= 0.6 is 0 Å². The third-order valence-electron chi connectivity index (χ3n) is 4.24. The Labute approximate surface area is 151 Å². The zero-order valence-electron chi connectivity index (χ0n) is 14.8. The summed E-state index contributed by atoms with van der Waals surface area (Å²) in [6, 6.07) is 7.17. The molecule has 2 amide bonds. The lowest BCUT2D eigenvalue weighted by molar-refractivity contribution is 0.101. The zero-order valence-corrected chi connectivity index (χ0v) is 14.8. The number of amides is 2. The molecule has 0 spiro atoms. The molecule has 2 aromatic rings. The zero-order chi connectivity index (χ0) is 18.5. The molecular formula is C19H21N3O4. The molecule has 0 aliphatic carbocycles. The second kappa shape index (κ2) is 7.86. The lowest BCUT2D eigenvalue weighted by Gasteiger charge is -2.28. The maximum atomic E-state index is 12.7. The van der Waals surface area contributed by atoms with E-state index < -0.39 is 0 Å². The highest BCUT2D eigenvalue weighted by Crippen LogP contribution is 2.24. The van der Waals surface area contributed by atoms with Crippen molar-refractivity contribution in [2.45, 2.75) is 19.9 Å². The average Bonchev–Trinajstić information content (AvgIpc) is 2.67. The van der Waals surface area contributed by atoms with Crippen molar-refractivity contribution in [2.75, 3.05) is 25.6 Å². The van der Waals surface area contributed by atoms with Gasteiger partial charge < -0.3 is 19.7 Å². The molecule has 1 aliphatic rings. The lowest BCUT2D eigenvalue weighted by Crippen LogP contribution is -2.37. The van der Waals surface area contributed by atoms with E-state index in [2.05, 4.69) is 10.3 Å². The molecule has 0 atom stereocenters. The number of nitrogens with zero attached hydrogens (tertiary/aromatic N) is 2. The van der Waals surface area contributed by atoms with Crippen LogP contribution in [0.5, 0.6) is 5.75 Å². The fourth-order valence-corrected chi connectivity index (χ4v) is 2.96. The van der Waals surface area contributed by atoms with Gasteiger partial charge in [-0.25, -0.2) is 4.79 Å². The first kappa shape index (κ1) is 17.7. The summed E-state index contributed by atoms with van der Waals surface area (Å²) in [7, 11) is 1.58. The van der Waals surface area contributed by atoms with Gasteiger partial charge in [0.1, 0.15) is 5.75 Å². The van der Waals surface area contributed by atoms with Gasteiger partial charge in [-0.3, -0.25) is 9.78 Å². The van der Waals surface area contributed by atoms with Crippen molar-refractivity contribution in [3.8, 4) is 5.75 Å². The third kappa shape index (κ3) is 3.77. The van der Waals surface area contributed by atoms with E-state index in [1.54, 1.807) is 43.5 Å². The van der Waals surface area contributed by atoms with Crippen molar-refractivity contribution >= 4 is 17.7 Å². The van der Waals surface area contributed by atoms with Gasteiger partial charge in [0.05, 0.1) is 25.8 Å². The first-order chi connectivity index (χ1) is 12.6. The number of hydrogen-bond acceptors (Lipinski definition) is 5.